The second-order valence-corrected chi connectivity index (χ2v) is 5.82. The van der Waals surface area contributed by atoms with Gasteiger partial charge >= 0.3 is 5.97 Å². The van der Waals surface area contributed by atoms with Gasteiger partial charge in [0, 0.05) is 12.8 Å². The number of carboxylic acid groups (broad SMARTS) is 1. The van der Waals surface area contributed by atoms with Crippen molar-refractivity contribution in [1.29, 1.82) is 0 Å². The normalized spacial score (nSPS) is 11.6. The van der Waals surface area contributed by atoms with Crippen LogP contribution in [0.25, 0.3) is 0 Å². The van der Waals surface area contributed by atoms with Gasteiger partial charge in [0.05, 0.1) is 4.92 Å². The molecule has 0 saturated carbocycles. The zero-order valence-electron chi connectivity index (χ0n) is 13.9. The zero-order chi connectivity index (χ0) is 16.6. The van der Waals surface area contributed by atoms with Crippen molar-refractivity contribution >= 4 is 5.97 Å². The van der Waals surface area contributed by atoms with Crippen molar-refractivity contribution in [3.8, 4) is 0 Å². The van der Waals surface area contributed by atoms with E-state index >= 15 is 0 Å². The highest BCUT2D eigenvalue weighted by atomic mass is 16.6. The molecule has 128 valence electrons. The van der Waals surface area contributed by atoms with Crippen molar-refractivity contribution in [2.24, 2.45) is 0 Å². The predicted octanol–water partition coefficient (Wildman–Crippen LogP) is 5.32. The molecule has 0 radical (unpaired) electrons. The van der Waals surface area contributed by atoms with Gasteiger partial charge in [-0.3, -0.25) is 14.9 Å². The topological polar surface area (TPSA) is 80.4 Å². The Kier molecular flexibility index (Phi) is 13.6. The van der Waals surface area contributed by atoms with Gasteiger partial charge in [-0.1, -0.05) is 51.9 Å². The quantitative estimate of drug-likeness (QED) is 0.252. The standard InChI is InChI=1S/C17H31NO4/c1-2-3-4-10-13-16(18(21)22)14-11-8-6-5-7-9-12-15-17(19)20/h14H,2-13,15H2,1H3,(H,19,20). The molecule has 0 spiro atoms. The number of hydrogen-bond donors (Lipinski definition) is 1. The average molecular weight is 313 g/mol. The van der Waals surface area contributed by atoms with E-state index in [4.69, 9.17) is 5.11 Å². The smallest absolute Gasteiger partial charge is 0.303 e. The Balaban J connectivity index is 3.64. The Labute approximate surface area is 133 Å². The van der Waals surface area contributed by atoms with E-state index in [2.05, 4.69) is 6.92 Å². The van der Waals surface area contributed by atoms with Crippen LogP contribution in [-0.2, 0) is 4.79 Å². The van der Waals surface area contributed by atoms with Crippen LogP contribution in [0, 0.1) is 10.1 Å². The first-order valence-electron chi connectivity index (χ1n) is 8.63. The lowest BCUT2D eigenvalue weighted by molar-refractivity contribution is -0.428. The fraction of sp³-hybridized carbons (Fsp3) is 0.824. The molecule has 0 aliphatic heterocycles. The molecule has 22 heavy (non-hydrogen) atoms. The van der Waals surface area contributed by atoms with Crippen LogP contribution in [-0.4, -0.2) is 16.0 Å². The third kappa shape index (κ3) is 13.6. The number of nitro groups is 1. The lowest BCUT2D eigenvalue weighted by Gasteiger charge is -2.01. The van der Waals surface area contributed by atoms with Crippen molar-refractivity contribution in [3.63, 3.8) is 0 Å². The summed E-state index contributed by atoms with van der Waals surface area (Å²) in [5, 5.41) is 19.5. The summed E-state index contributed by atoms with van der Waals surface area (Å²) in [6.07, 6.45) is 13.5. The molecule has 0 saturated heterocycles. The lowest BCUT2D eigenvalue weighted by atomic mass is 10.1. The molecule has 0 aliphatic rings. The minimum atomic E-state index is -0.726. The number of unbranched alkanes of at least 4 members (excludes halogenated alkanes) is 9. The molecule has 0 aromatic heterocycles. The molecule has 0 aromatic carbocycles. The van der Waals surface area contributed by atoms with E-state index in [1.54, 1.807) is 6.08 Å². The highest BCUT2D eigenvalue weighted by Crippen LogP contribution is 2.14. The number of rotatable bonds is 15. The summed E-state index contributed by atoms with van der Waals surface area (Å²) in [7, 11) is 0. The number of allylic oxidation sites excluding steroid dienone is 2. The molecular weight excluding hydrogens is 282 g/mol. The summed E-state index contributed by atoms with van der Waals surface area (Å²) in [6, 6.07) is 0. The zero-order valence-corrected chi connectivity index (χ0v) is 13.9. The maximum atomic E-state index is 10.9. The molecule has 0 amide bonds. The maximum absolute atomic E-state index is 10.9. The van der Waals surface area contributed by atoms with Gasteiger partial charge < -0.3 is 5.11 Å². The SMILES string of the molecule is CCCCCCC(=CCCCCCCCCC(=O)O)[N+](=O)[O-]. The molecule has 0 aliphatic carbocycles. The average Bonchev–Trinajstić information content (AvgIpc) is 2.46. The molecule has 0 fully saturated rings. The molecule has 0 aromatic rings. The van der Waals surface area contributed by atoms with Gasteiger partial charge in [-0.25, -0.2) is 0 Å². The summed E-state index contributed by atoms with van der Waals surface area (Å²) < 4.78 is 0. The first-order valence-corrected chi connectivity index (χ1v) is 8.63. The van der Waals surface area contributed by atoms with E-state index in [1.807, 2.05) is 0 Å². The van der Waals surface area contributed by atoms with E-state index in [9.17, 15) is 14.9 Å². The maximum Gasteiger partial charge on any atom is 0.303 e. The Bertz CT molecular complexity index is 340. The van der Waals surface area contributed by atoms with Crippen LogP contribution >= 0.6 is 0 Å². The summed E-state index contributed by atoms with van der Waals surface area (Å²) >= 11 is 0. The predicted molar refractivity (Wildman–Crippen MR) is 88.4 cm³/mol. The summed E-state index contributed by atoms with van der Waals surface area (Å²) in [5.74, 6) is -0.726. The third-order valence-corrected chi connectivity index (χ3v) is 3.75. The number of aliphatic carboxylic acids is 1. The van der Waals surface area contributed by atoms with E-state index in [0.717, 1.165) is 70.6 Å². The molecular formula is C17H31NO4. The fourth-order valence-electron chi connectivity index (χ4n) is 2.40. The molecule has 1 N–H and O–H groups in total. The van der Waals surface area contributed by atoms with Gasteiger partial charge in [0.25, 0.3) is 0 Å². The summed E-state index contributed by atoms with van der Waals surface area (Å²) in [4.78, 5) is 21.0. The second kappa shape index (κ2) is 14.5. The number of nitrogens with zero attached hydrogens (tertiary/aromatic N) is 1. The van der Waals surface area contributed by atoms with Crippen molar-refractivity contribution in [2.75, 3.05) is 0 Å². The number of hydrogen-bond acceptors (Lipinski definition) is 3. The molecule has 0 heterocycles. The largest absolute Gasteiger partial charge is 0.481 e. The third-order valence-electron chi connectivity index (χ3n) is 3.75. The van der Waals surface area contributed by atoms with Gasteiger partial charge in [-0.05, 0) is 31.8 Å². The van der Waals surface area contributed by atoms with Crippen LogP contribution in [0.3, 0.4) is 0 Å². The fourth-order valence-corrected chi connectivity index (χ4v) is 2.40. The van der Waals surface area contributed by atoms with Crippen LogP contribution in [0.2, 0.25) is 0 Å². The van der Waals surface area contributed by atoms with Crippen molar-refractivity contribution in [1.82, 2.24) is 0 Å². The Morgan fingerprint density at radius 1 is 0.955 bits per heavy atom. The number of carboxylic acids is 1. The summed E-state index contributed by atoms with van der Waals surface area (Å²) in [5.41, 5.74) is 0.373. The molecule has 0 rings (SSSR count). The Hall–Kier alpha value is -1.39. The molecule has 0 atom stereocenters. The van der Waals surface area contributed by atoms with Crippen molar-refractivity contribution < 1.29 is 14.8 Å². The molecule has 0 bridgehead atoms. The first kappa shape index (κ1) is 20.6. The number of carbonyl (C=O) groups is 1. The highest BCUT2D eigenvalue weighted by Gasteiger charge is 2.09. The minimum Gasteiger partial charge on any atom is -0.481 e. The van der Waals surface area contributed by atoms with Crippen molar-refractivity contribution in [3.05, 3.63) is 21.9 Å². The van der Waals surface area contributed by atoms with Crippen LogP contribution in [0.4, 0.5) is 0 Å². The molecule has 0 unspecified atom stereocenters. The molecule has 5 nitrogen and oxygen atoms in total. The van der Waals surface area contributed by atoms with E-state index in [0.29, 0.717) is 12.1 Å². The van der Waals surface area contributed by atoms with Crippen LogP contribution in [0.15, 0.2) is 11.8 Å². The van der Waals surface area contributed by atoms with E-state index in [-0.39, 0.29) is 11.3 Å². The van der Waals surface area contributed by atoms with Gasteiger partial charge in [0.15, 0.2) is 0 Å². The van der Waals surface area contributed by atoms with Crippen LogP contribution in [0.5, 0.6) is 0 Å². The molecule has 5 heteroatoms. The summed E-state index contributed by atoms with van der Waals surface area (Å²) in [6.45, 7) is 2.13. The Morgan fingerprint density at radius 3 is 2.09 bits per heavy atom. The first-order chi connectivity index (χ1) is 10.6. The van der Waals surface area contributed by atoms with E-state index in [1.165, 1.54) is 0 Å². The van der Waals surface area contributed by atoms with Gasteiger partial charge in [-0.15, -0.1) is 0 Å². The van der Waals surface area contributed by atoms with Gasteiger partial charge in [-0.2, -0.15) is 0 Å². The monoisotopic (exact) mass is 313 g/mol. The minimum absolute atomic E-state index is 0.238. The second-order valence-electron chi connectivity index (χ2n) is 5.82. The highest BCUT2D eigenvalue weighted by molar-refractivity contribution is 5.66. The van der Waals surface area contributed by atoms with Crippen LogP contribution in [0.1, 0.15) is 90.4 Å². The Morgan fingerprint density at radius 2 is 1.50 bits per heavy atom. The van der Waals surface area contributed by atoms with Crippen LogP contribution < -0.4 is 0 Å². The van der Waals surface area contributed by atoms with E-state index < -0.39 is 5.97 Å². The van der Waals surface area contributed by atoms with Crippen molar-refractivity contribution in [2.45, 2.75) is 90.4 Å². The lowest BCUT2D eigenvalue weighted by Crippen LogP contribution is -1.99. The van der Waals surface area contributed by atoms with Gasteiger partial charge in [0.2, 0.25) is 5.70 Å². The van der Waals surface area contributed by atoms with Gasteiger partial charge in [0.1, 0.15) is 0 Å².